The van der Waals surface area contributed by atoms with Crippen molar-refractivity contribution in [2.75, 3.05) is 18.9 Å². The van der Waals surface area contributed by atoms with E-state index in [2.05, 4.69) is 10.3 Å². The fourth-order valence-corrected chi connectivity index (χ4v) is 3.36. The minimum atomic E-state index is 0.216. The van der Waals surface area contributed by atoms with Gasteiger partial charge in [0.25, 0.3) is 0 Å². The van der Waals surface area contributed by atoms with Gasteiger partial charge in [-0.1, -0.05) is 6.07 Å². The molecule has 5 rings (SSSR count). The molecule has 2 aliphatic heterocycles. The lowest BCUT2D eigenvalue weighted by Gasteiger charge is -2.13. The number of anilines is 2. The van der Waals surface area contributed by atoms with Crippen LogP contribution in [0.5, 0.6) is 23.0 Å². The lowest BCUT2D eigenvalue weighted by molar-refractivity contribution is 0.174. The number of nitrogens with zero attached hydrogens (tertiary/aromatic N) is 1. The summed E-state index contributed by atoms with van der Waals surface area (Å²) in [4.78, 5) is 4.29. The molecule has 3 heterocycles. The van der Waals surface area contributed by atoms with Gasteiger partial charge in [-0.3, -0.25) is 0 Å². The Labute approximate surface area is 141 Å². The molecule has 1 N–H and O–H groups in total. The van der Waals surface area contributed by atoms with Crippen molar-refractivity contribution in [1.29, 1.82) is 0 Å². The Morgan fingerprint density at radius 2 is 1.75 bits per heavy atom. The maximum Gasteiger partial charge on any atom is 0.231 e. The molecular weight excluding hydrogens is 328 g/mol. The van der Waals surface area contributed by atoms with Gasteiger partial charge in [0, 0.05) is 11.6 Å². The van der Waals surface area contributed by atoms with Crippen LogP contribution in [0.1, 0.15) is 0 Å². The molecule has 0 bridgehead atoms. The molecule has 0 aliphatic carbocycles. The highest BCUT2D eigenvalue weighted by atomic mass is 32.1. The minimum absolute atomic E-state index is 0.216. The molecule has 7 heteroatoms. The fraction of sp³-hybridized carbons (Fsp3) is 0.118. The molecular formula is C17H12N2O4S. The zero-order chi connectivity index (χ0) is 15.9. The average Bonchev–Trinajstić information content (AvgIpc) is 3.35. The van der Waals surface area contributed by atoms with E-state index in [4.69, 9.17) is 18.9 Å². The number of nitrogens with one attached hydrogen (secondary N) is 1. The molecule has 0 radical (unpaired) electrons. The molecule has 0 amide bonds. The number of aromatic nitrogens is 1. The number of fused-ring (bicyclic) bond motifs is 2. The van der Waals surface area contributed by atoms with E-state index in [1.165, 1.54) is 11.3 Å². The molecule has 2 aliphatic rings. The summed E-state index contributed by atoms with van der Waals surface area (Å²) in [6, 6.07) is 9.70. The first-order valence-corrected chi connectivity index (χ1v) is 8.25. The second-order valence-electron chi connectivity index (χ2n) is 5.25. The Morgan fingerprint density at radius 1 is 0.917 bits per heavy atom. The van der Waals surface area contributed by atoms with Crippen LogP contribution < -0.4 is 24.3 Å². The van der Waals surface area contributed by atoms with Crippen molar-refractivity contribution < 1.29 is 18.9 Å². The Hall–Kier alpha value is -2.93. The average molecular weight is 340 g/mol. The van der Waals surface area contributed by atoms with Crippen molar-refractivity contribution in [3.05, 3.63) is 41.9 Å². The Bertz CT molecular complexity index is 911. The number of hydrogen-bond acceptors (Lipinski definition) is 7. The number of rotatable bonds is 3. The van der Waals surface area contributed by atoms with Gasteiger partial charge in [0.15, 0.2) is 28.1 Å². The van der Waals surface area contributed by atoms with E-state index in [-0.39, 0.29) is 13.6 Å². The molecule has 0 saturated heterocycles. The van der Waals surface area contributed by atoms with Crippen LogP contribution >= 0.6 is 11.3 Å². The fourth-order valence-electron chi connectivity index (χ4n) is 2.82. The van der Waals surface area contributed by atoms with Gasteiger partial charge < -0.3 is 24.3 Å². The zero-order valence-electron chi connectivity index (χ0n) is 12.4. The molecule has 24 heavy (non-hydrogen) atoms. The second kappa shape index (κ2) is 5.31. The highest BCUT2D eigenvalue weighted by molar-refractivity contribution is 7.13. The quantitative estimate of drug-likeness (QED) is 0.777. The summed E-state index contributed by atoms with van der Waals surface area (Å²) < 4.78 is 22.1. The smallest absolute Gasteiger partial charge is 0.231 e. The van der Waals surface area contributed by atoms with Crippen LogP contribution in [0.2, 0.25) is 0 Å². The predicted molar refractivity (Wildman–Crippen MR) is 89.5 cm³/mol. The van der Waals surface area contributed by atoms with Crippen LogP contribution in [0.25, 0.3) is 11.1 Å². The number of ether oxygens (including phenoxy) is 4. The second-order valence-corrected chi connectivity index (χ2v) is 6.15. The summed E-state index contributed by atoms with van der Waals surface area (Å²) in [6.45, 7) is 0.461. The third-order valence-electron chi connectivity index (χ3n) is 3.87. The van der Waals surface area contributed by atoms with Crippen molar-refractivity contribution in [2.24, 2.45) is 0 Å². The van der Waals surface area contributed by atoms with Crippen molar-refractivity contribution in [3.8, 4) is 34.1 Å². The first-order valence-electron chi connectivity index (χ1n) is 7.37. The van der Waals surface area contributed by atoms with Crippen LogP contribution in [0.15, 0.2) is 41.9 Å². The van der Waals surface area contributed by atoms with Gasteiger partial charge in [-0.25, -0.2) is 4.98 Å². The molecule has 0 unspecified atom stereocenters. The van der Waals surface area contributed by atoms with Gasteiger partial charge in [-0.2, -0.15) is 0 Å². The van der Waals surface area contributed by atoms with Crippen molar-refractivity contribution in [2.45, 2.75) is 0 Å². The van der Waals surface area contributed by atoms with Crippen molar-refractivity contribution in [3.63, 3.8) is 0 Å². The third-order valence-corrected chi connectivity index (χ3v) is 4.56. The molecule has 0 fully saturated rings. The van der Waals surface area contributed by atoms with E-state index < -0.39 is 0 Å². The van der Waals surface area contributed by atoms with E-state index in [0.717, 1.165) is 44.9 Å². The molecule has 2 aromatic carbocycles. The predicted octanol–water partition coefficient (Wildman–Crippen LogP) is 4.01. The summed E-state index contributed by atoms with van der Waals surface area (Å²) in [5.41, 5.74) is 2.77. The molecule has 1 aromatic heterocycles. The summed E-state index contributed by atoms with van der Waals surface area (Å²) in [5, 5.41) is 6.09. The first-order chi connectivity index (χ1) is 11.9. The summed E-state index contributed by atoms with van der Waals surface area (Å²) in [6.07, 6.45) is 1.76. The van der Waals surface area contributed by atoms with Gasteiger partial charge in [0.1, 0.15) is 0 Å². The standard InChI is InChI=1S/C17H12N2O4S/c1-3-12-14(22-8-20-12)7-10(1)15-11(19-17-18-5-6-24-17)2-4-13-16(15)23-9-21-13/h1-7H,8-9H2,(H,18,19). The van der Waals surface area contributed by atoms with E-state index in [0.29, 0.717) is 0 Å². The summed E-state index contributed by atoms with van der Waals surface area (Å²) in [5.74, 6) is 2.92. The van der Waals surface area contributed by atoms with Crippen LogP contribution in [-0.2, 0) is 0 Å². The molecule has 0 saturated carbocycles. The highest BCUT2D eigenvalue weighted by Gasteiger charge is 2.24. The summed E-state index contributed by atoms with van der Waals surface area (Å²) >= 11 is 1.54. The van der Waals surface area contributed by atoms with E-state index >= 15 is 0 Å². The van der Waals surface area contributed by atoms with Crippen LogP contribution in [0.4, 0.5) is 10.8 Å². The molecule has 3 aromatic rings. The monoisotopic (exact) mass is 340 g/mol. The van der Waals surface area contributed by atoms with Gasteiger partial charge in [0.05, 0.1) is 11.3 Å². The minimum Gasteiger partial charge on any atom is -0.454 e. The number of thiazole rings is 1. The SMILES string of the molecule is c1csc(Nc2ccc3c(c2-c2ccc4c(c2)OCO4)OCO3)n1. The molecule has 6 nitrogen and oxygen atoms in total. The lowest BCUT2D eigenvalue weighted by Crippen LogP contribution is -1.96. The Balaban J connectivity index is 1.66. The molecule has 0 spiro atoms. The maximum atomic E-state index is 5.71. The van der Waals surface area contributed by atoms with Gasteiger partial charge in [0.2, 0.25) is 13.6 Å². The first kappa shape index (κ1) is 13.5. The van der Waals surface area contributed by atoms with Crippen LogP contribution in [0, 0.1) is 0 Å². The van der Waals surface area contributed by atoms with Crippen LogP contribution in [0.3, 0.4) is 0 Å². The van der Waals surface area contributed by atoms with Crippen LogP contribution in [-0.4, -0.2) is 18.6 Å². The van der Waals surface area contributed by atoms with Gasteiger partial charge in [-0.05, 0) is 29.8 Å². The number of benzene rings is 2. The molecule has 120 valence electrons. The molecule has 0 atom stereocenters. The topological polar surface area (TPSA) is 61.8 Å². The number of hydrogen-bond donors (Lipinski definition) is 1. The van der Waals surface area contributed by atoms with Gasteiger partial charge >= 0.3 is 0 Å². The summed E-state index contributed by atoms with van der Waals surface area (Å²) in [7, 11) is 0. The Kier molecular flexibility index (Phi) is 2.99. The maximum absolute atomic E-state index is 5.71. The lowest BCUT2D eigenvalue weighted by atomic mass is 10.0. The van der Waals surface area contributed by atoms with E-state index in [1.807, 2.05) is 35.7 Å². The van der Waals surface area contributed by atoms with E-state index in [9.17, 15) is 0 Å². The Morgan fingerprint density at radius 3 is 2.67 bits per heavy atom. The third kappa shape index (κ3) is 2.13. The van der Waals surface area contributed by atoms with Crippen molar-refractivity contribution in [1.82, 2.24) is 4.98 Å². The largest absolute Gasteiger partial charge is 0.454 e. The van der Waals surface area contributed by atoms with Gasteiger partial charge in [-0.15, -0.1) is 11.3 Å². The van der Waals surface area contributed by atoms with E-state index in [1.54, 1.807) is 6.20 Å². The zero-order valence-corrected chi connectivity index (χ0v) is 13.3. The van der Waals surface area contributed by atoms with Crippen molar-refractivity contribution >= 4 is 22.2 Å². The highest BCUT2D eigenvalue weighted by Crippen LogP contribution is 2.48. The normalized spacial score (nSPS) is 14.0.